The number of benzene rings is 1. The monoisotopic (exact) mass is 605 g/mol. The molecule has 15 heteroatoms. The van der Waals surface area contributed by atoms with Gasteiger partial charge in [-0.3, -0.25) is 14.5 Å². The second-order valence-corrected chi connectivity index (χ2v) is 12.3. The Morgan fingerprint density at radius 2 is 1.74 bits per heavy atom. The average Bonchev–Trinajstić information content (AvgIpc) is 2.92. The number of nitrogens with one attached hydrogen (secondary N) is 2. The van der Waals surface area contributed by atoms with E-state index in [1.54, 1.807) is 25.7 Å². The van der Waals surface area contributed by atoms with Crippen molar-refractivity contribution >= 4 is 41.7 Å². The second kappa shape index (κ2) is 12.5. The highest BCUT2D eigenvalue weighted by molar-refractivity contribution is 8.00. The lowest BCUT2D eigenvalue weighted by molar-refractivity contribution is -0.151. The number of aliphatic carboxylic acids is 1. The minimum atomic E-state index is -1.35. The molecule has 0 radical (unpaired) electrons. The smallest absolute Gasteiger partial charge is 0.410 e. The van der Waals surface area contributed by atoms with Crippen LogP contribution >= 0.6 is 11.8 Å². The number of β-lactam (4-membered cyclic amide) rings is 1. The first kappa shape index (κ1) is 31.0. The molecule has 4 N–H and O–H groups in total. The third-order valence-corrected chi connectivity index (χ3v) is 8.17. The molecular formula is C27H35N5O9S. The van der Waals surface area contributed by atoms with Gasteiger partial charge < -0.3 is 40.1 Å². The number of piperazine rings is 1. The highest BCUT2D eigenvalue weighted by Gasteiger charge is 2.54. The third-order valence-electron chi connectivity index (χ3n) is 6.83. The van der Waals surface area contributed by atoms with E-state index in [-0.39, 0.29) is 29.4 Å². The number of ether oxygens (including phenoxy) is 2. The summed E-state index contributed by atoms with van der Waals surface area (Å²) in [6, 6.07) is 3.26. The summed E-state index contributed by atoms with van der Waals surface area (Å²) in [4.78, 5) is 68.4. The Balaban J connectivity index is 1.45. The molecular weight excluding hydrogens is 570 g/mol. The molecule has 2 saturated heterocycles. The Bertz CT molecular complexity index is 1270. The van der Waals surface area contributed by atoms with Gasteiger partial charge in [0.05, 0.1) is 0 Å². The summed E-state index contributed by atoms with van der Waals surface area (Å²) in [5, 5.41) is 24.0. The number of phenols is 1. The van der Waals surface area contributed by atoms with Crippen LogP contribution in [-0.4, -0.2) is 117 Å². The van der Waals surface area contributed by atoms with Crippen molar-refractivity contribution in [1.82, 2.24) is 25.3 Å². The summed E-state index contributed by atoms with van der Waals surface area (Å²) < 4.78 is 10.7. The van der Waals surface area contributed by atoms with Crippen molar-refractivity contribution in [3.63, 3.8) is 0 Å². The second-order valence-electron chi connectivity index (χ2n) is 11.2. The van der Waals surface area contributed by atoms with E-state index in [0.717, 1.165) is 4.90 Å². The Morgan fingerprint density at radius 1 is 1.10 bits per heavy atom. The van der Waals surface area contributed by atoms with Gasteiger partial charge in [-0.2, -0.15) is 0 Å². The van der Waals surface area contributed by atoms with Crippen molar-refractivity contribution < 1.29 is 43.7 Å². The molecule has 42 heavy (non-hydrogen) atoms. The first-order chi connectivity index (χ1) is 19.7. The van der Waals surface area contributed by atoms with Crippen molar-refractivity contribution in [3.8, 4) is 5.75 Å². The van der Waals surface area contributed by atoms with Gasteiger partial charge in [0, 0.05) is 37.5 Å². The van der Waals surface area contributed by atoms with Crippen molar-refractivity contribution in [1.29, 1.82) is 0 Å². The maximum absolute atomic E-state index is 13.4. The topological polar surface area (TPSA) is 178 Å². The number of aromatic hydroxyl groups is 1. The van der Waals surface area contributed by atoms with Crippen LogP contribution < -0.4 is 10.6 Å². The zero-order chi connectivity index (χ0) is 30.8. The summed E-state index contributed by atoms with van der Waals surface area (Å²) in [6.07, 6.45) is -1.42. The van der Waals surface area contributed by atoms with Crippen LogP contribution in [-0.2, 0) is 23.9 Å². The zero-order valence-electron chi connectivity index (χ0n) is 23.8. The van der Waals surface area contributed by atoms with E-state index < -0.39 is 53.0 Å². The number of likely N-dealkylation sites (N-methyl/N-ethyl adjacent to an activating group) is 1. The van der Waals surface area contributed by atoms with E-state index in [4.69, 9.17) is 9.47 Å². The Kier molecular flexibility index (Phi) is 9.21. The average molecular weight is 606 g/mol. The van der Waals surface area contributed by atoms with Crippen LogP contribution in [0.1, 0.15) is 32.4 Å². The van der Waals surface area contributed by atoms with Gasteiger partial charge in [-0.05, 0) is 45.5 Å². The van der Waals surface area contributed by atoms with E-state index in [0.29, 0.717) is 31.7 Å². The van der Waals surface area contributed by atoms with Crippen LogP contribution in [0.2, 0.25) is 0 Å². The molecule has 0 spiro atoms. The predicted molar refractivity (Wildman–Crippen MR) is 150 cm³/mol. The zero-order valence-corrected chi connectivity index (χ0v) is 24.6. The molecule has 4 rings (SSSR count). The lowest BCUT2D eigenvalue weighted by atomic mass is 10.0. The number of carboxylic acid groups (broad SMARTS) is 1. The number of carbonyl (C=O) groups is 5. The fourth-order valence-electron chi connectivity index (χ4n) is 4.65. The summed E-state index contributed by atoms with van der Waals surface area (Å²) in [6.45, 7) is 7.11. The number of rotatable bonds is 7. The number of thioether (sulfide) groups is 1. The summed E-state index contributed by atoms with van der Waals surface area (Å²) in [5.74, 6) is -2.61. The van der Waals surface area contributed by atoms with Gasteiger partial charge in [0.25, 0.3) is 5.91 Å². The molecule has 3 heterocycles. The van der Waals surface area contributed by atoms with Gasteiger partial charge >= 0.3 is 18.2 Å². The van der Waals surface area contributed by atoms with Gasteiger partial charge in [-0.1, -0.05) is 12.1 Å². The minimum Gasteiger partial charge on any atom is -0.508 e. The molecule has 3 atom stereocenters. The Labute approximate surface area is 247 Å². The number of alkyl carbamates (subject to hydrolysis) is 1. The molecule has 228 valence electrons. The molecule has 1 aromatic rings. The quantitative estimate of drug-likeness (QED) is 0.327. The van der Waals surface area contributed by atoms with Crippen molar-refractivity contribution in [2.75, 3.05) is 45.6 Å². The van der Waals surface area contributed by atoms with Crippen molar-refractivity contribution in [3.05, 3.63) is 41.1 Å². The normalized spacial score (nSPS) is 21.6. The van der Waals surface area contributed by atoms with E-state index in [1.807, 2.05) is 7.05 Å². The molecule has 0 aromatic heterocycles. The number of carbonyl (C=O) groups excluding carboxylic acids is 4. The third kappa shape index (κ3) is 7.07. The van der Waals surface area contributed by atoms with Crippen molar-refractivity contribution in [2.45, 2.75) is 43.8 Å². The molecule has 2 unspecified atom stereocenters. The largest absolute Gasteiger partial charge is 0.508 e. The SMILES string of the molecule is CN1CCN(C(=O)OCC2=C(C(=O)O)N3C(=O)C(NC(=O)C(NC(=O)OC(C)(C)C)c4ccc(O)cc4)[C@@H]3SC2)CC1. The van der Waals surface area contributed by atoms with Crippen molar-refractivity contribution in [2.24, 2.45) is 0 Å². The minimum absolute atomic E-state index is 0.0448. The molecule has 3 aliphatic heterocycles. The summed E-state index contributed by atoms with van der Waals surface area (Å²) in [5.41, 5.74) is -0.508. The molecule has 0 bridgehead atoms. The fourth-order valence-corrected chi connectivity index (χ4v) is 5.98. The number of fused-ring (bicyclic) bond motifs is 1. The number of amides is 4. The fraction of sp³-hybridized carbons (Fsp3) is 0.519. The number of phenolic OH excluding ortho intramolecular Hbond substituents is 1. The molecule has 0 saturated carbocycles. The van der Waals surface area contributed by atoms with E-state index in [2.05, 4.69) is 15.5 Å². The van der Waals surface area contributed by atoms with Gasteiger partial charge in [0.2, 0.25) is 5.91 Å². The summed E-state index contributed by atoms with van der Waals surface area (Å²) in [7, 11) is 1.95. The van der Waals surface area contributed by atoms with Gasteiger partial charge in [-0.15, -0.1) is 11.8 Å². The first-order valence-corrected chi connectivity index (χ1v) is 14.4. The van der Waals surface area contributed by atoms with E-state index >= 15 is 0 Å². The number of hydrogen-bond acceptors (Lipinski definition) is 10. The number of nitrogens with zero attached hydrogens (tertiary/aromatic N) is 3. The Hall–Kier alpha value is -3.98. The van der Waals surface area contributed by atoms with Crippen LogP contribution in [0.25, 0.3) is 0 Å². The molecule has 2 fully saturated rings. The van der Waals surface area contributed by atoms with Gasteiger partial charge in [0.1, 0.15) is 41.1 Å². The maximum Gasteiger partial charge on any atom is 0.410 e. The van der Waals surface area contributed by atoms with Gasteiger partial charge in [0.15, 0.2) is 0 Å². The maximum atomic E-state index is 13.4. The lowest BCUT2D eigenvalue weighted by Crippen LogP contribution is -2.71. The molecule has 1 aromatic carbocycles. The molecule has 0 aliphatic carbocycles. The summed E-state index contributed by atoms with van der Waals surface area (Å²) >= 11 is 1.23. The van der Waals surface area contributed by atoms with Crippen LogP contribution in [0.3, 0.4) is 0 Å². The van der Waals surface area contributed by atoms with Crippen LogP contribution in [0.4, 0.5) is 9.59 Å². The first-order valence-electron chi connectivity index (χ1n) is 13.3. The number of carboxylic acids is 1. The van der Waals surface area contributed by atoms with Gasteiger partial charge in [-0.25, -0.2) is 14.4 Å². The highest BCUT2D eigenvalue weighted by atomic mass is 32.2. The lowest BCUT2D eigenvalue weighted by Gasteiger charge is -2.49. The molecule has 3 aliphatic rings. The standard InChI is InChI=1S/C27H35N5O9S/c1-27(2,3)41-25(38)29-18(15-5-7-17(33)8-6-15)21(34)28-19-22(35)32-20(24(36)37)16(14-42-23(19)32)13-40-26(39)31-11-9-30(4)10-12-31/h5-8,18-19,23,33H,9-14H2,1-4H3,(H,28,34)(H,29,38)(H,36,37)/t18?,19?,23-/m0/s1. The van der Waals surface area contributed by atoms with E-state index in [9.17, 15) is 34.2 Å². The van der Waals surface area contributed by atoms with Crippen LogP contribution in [0, 0.1) is 0 Å². The number of hydrogen-bond donors (Lipinski definition) is 4. The van der Waals surface area contributed by atoms with Crippen LogP contribution in [0.5, 0.6) is 5.75 Å². The van der Waals surface area contributed by atoms with E-state index in [1.165, 1.54) is 36.0 Å². The van der Waals surface area contributed by atoms with Crippen LogP contribution in [0.15, 0.2) is 35.5 Å². The Morgan fingerprint density at radius 3 is 2.33 bits per heavy atom. The predicted octanol–water partition coefficient (Wildman–Crippen LogP) is 1.08. The highest BCUT2D eigenvalue weighted by Crippen LogP contribution is 2.40. The molecule has 4 amide bonds. The molecule has 14 nitrogen and oxygen atoms in total.